The first-order valence-corrected chi connectivity index (χ1v) is 7.62. The molecule has 1 aliphatic rings. The molecule has 1 fully saturated rings. The van der Waals surface area contributed by atoms with Gasteiger partial charge in [0.15, 0.2) is 0 Å². The lowest BCUT2D eigenvalue weighted by Gasteiger charge is -2.27. The van der Waals surface area contributed by atoms with Gasteiger partial charge >= 0.3 is 0 Å². The Morgan fingerprint density at radius 1 is 1.41 bits per heavy atom. The molecule has 0 aliphatic heterocycles. The second kappa shape index (κ2) is 5.96. The third kappa shape index (κ3) is 3.78. The molecule has 1 aromatic heterocycles. The van der Waals surface area contributed by atoms with Crippen molar-refractivity contribution in [3.63, 3.8) is 0 Å². The highest BCUT2D eigenvalue weighted by Gasteiger charge is 2.19. The van der Waals surface area contributed by atoms with Gasteiger partial charge in [0.25, 0.3) is 0 Å². The number of nitrogens with zero attached hydrogens (tertiary/aromatic N) is 1. The summed E-state index contributed by atoms with van der Waals surface area (Å²) in [6.07, 6.45) is 7.60. The van der Waals surface area contributed by atoms with Crippen molar-refractivity contribution >= 4 is 11.3 Å². The standard InChI is InChI=1S/C14H24N2S/c1-10-4-6-13(7-5-10)9-15-12(3)14-16-8-11(2)17-14/h8,10,12-13,15H,4-7,9H2,1-3H3. The molecular formula is C14H24N2S. The summed E-state index contributed by atoms with van der Waals surface area (Å²) < 4.78 is 0. The lowest BCUT2D eigenvalue weighted by Crippen LogP contribution is -2.28. The number of thiazole rings is 1. The van der Waals surface area contributed by atoms with Crippen molar-refractivity contribution < 1.29 is 0 Å². The van der Waals surface area contributed by atoms with Gasteiger partial charge in [0.05, 0.1) is 6.04 Å². The van der Waals surface area contributed by atoms with E-state index in [4.69, 9.17) is 0 Å². The van der Waals surface area contributed by atoms with E-state index >= 15 is 0 Å². The Labute approximate surface area is 109 Å². The molecule has 0 aromatic carbocycles. The topological polar surface area (TPSA) is 24.9 Å². The SMILES string of the molecule is Cc1cnc(C(C)NCC2CCC(C)CC2)s1. The first-order valence-electron chi connectivity index (χ1n) is 6.81. The van der Waals surface area contributed by atoms with Gasteiger partial charge in [0.1, 0.15) is 5.01 Å². The fourth-order valence-electron chi connectivity index (χ4n) is 2.54. The smallest absolute Gasteiger partial charge is 0.109 e. The minimum Gasteiger partial charge on any atom is -0.308 e. The summed E-state index contributed by atoms with van der Waals surface area (Å²) >= 11 is 1.81. The molecule has 1 aromatic rings. The molecule has 1 N–H and O–H groups in total. The molecule has 17 heavy (non-hydrogen) atoms. The maximum Gasteiger partial charge on any atom is 0.109 e. The van der Waals surface area contributed by atoms with Crippen LogP contribution in [0, 0.1) is 18.8 Å². The second-order valence-electron chi connectivity index (χ2n) is 5.56. The van der Waals surface area contributed by atoms with Gasteiger partial charge < -0.3 is 5.32 Å². The van der Waals surface area contributed by atoms with Crippen molar-refractivity contribution in [3.05, 3.63) is 16.1 Å². The van der Waals surface area contributed by atoms with Crippen LogP contribution in [0.2, 0.25) is 0 Å². The molecule has 2 nitrogen and oxygen atoms in total. The van der Waals surface area contributed by atoms with E-state index in [9.17, 15) is 0 Å². The summed E-state index contributed by atoms with van der Waals surface area (Å²) in [5.74, 6) is 1.83. The molecular weight excluding hydrogens is 228 g/mol. The summed E-state index contributed by atoms with van der Waals surface area (Å²) in [5.41, 5.74) is 0. The average Bonchev–Trinajstić information content (AvgIpc) is 2.75. The first kappa shape index (κ1) is 13.0. The van der Waals surface area contributed by atoms with E-state index in [1.807, 2.05) is 17.5 Å². The molecule has 1 heterocycles. The van der Waals surface area contributed by atoms with Crippen molar-refractivity contribution in [1.82, 2.24) is 10.3 Å². The second-order valence-corrected chi connectivity index (χ2v) is 6.83. The van der Waals surface area contributed by atoms with Gasteiger partial charge in [-0.3, -0.25) is 0 Å². The lowest BCUT2D eigenvalue weighted by atomic mass is 9.83. The third-order valence-corrected chi connectivity index (χ3v) is 4.95. The Bertz CT molecular complexity index is 340. The van der Waals surface area contributed by atoms with Crippen LogP contribution in [0.3, 0.4) is 0 Å². The molecule has 0 amide bonds. The quantitative estimate of drug-likeness (QED) is 0.878. The molecule has 3 heteroatoms. The number of aromatic nitrogens is 1. The van der Waals surface area contributed by atoms with Crippen molar-refractivity contribution in [2.24, 2.45) is 11.8 Å². The molecule has 0 saturated heterocycles. The number of hydrogen-bond acceptors (Lipinski definition) is 3. The van der Waals surface area contributed by atoms with Crippen molar-refractivity contribution in [2.75, 3.05) is 6.54 Å². The van der Waals surface area contributed by atoms with Crippen LogP contribution >= 0.6 is 11.3 Å². The Kier molecular flexibility index (Phi) is 4.57. The summed E-state index contributed by atoms with van der Waals surface area (Å²) in [5, 5.41) is 4.87. The zero-order chi connectivity index (χ0) is 12.3. The average molecular weight is 252 g/mol. The van der Waals surface area contributed by atoms with E-state index in [-0.39, 0.29) is 0 Å². The van der Waals surface area contributed by atoms with Gasteiger partial charge in [0.2, 0.25) is 0 Å². The van der Waals surface area contributed by atoms with Gasteiger partial charge in [0, 0.05) is 11.1 Å². The van der Waals surface area contributed by atoms with Crippen LogP contribution in [0.15, 0.2) is 6.20 Å². The van der Waals surface area contributed by atoms with Crippen molar-refractivity contribution in [1.29, 1.82) is 0 Å². The van der Waals surface area contributed by atoms with Crippen molar-refractivity contribution in [2.45, 2.75) is 52.5 Å². The number of nitrogens with one attached hydrogen (secondary N) is 1. The van der Waals surface area contributed by atoms with Crippen LogP contribution in [-0.2, 0) is 0 Å². The van der Waals surface area contributed by atoms with Gasteiger partial charge in [-0.25, -0.2) is 4.98 Å². The predicted molar refractivity (Wildman–Crippen MR) is 74.4 cm³/mol. The molecule has 1 saturated carbocycles. The minimum absolute atomic E-state index is 0.410. The van der Waals surface area contributed by atoms with E-state index in [0.717, 1.165) is 18.4 Å². The van der Waals surface area contributed by atoms with Gasteiger partial charge in [-0.1, -0.05) is 19.8 Å². The number of hydrogen-bond donors (Lipinski definition) is 1. The Hall–Kier alpha value is -0.410. The Morgan fingerprint density at radius 2 is 2.12 bits per heavy atom. The Balaban J connectivity index is 1.74. The number of rotatable bonds is 4. The minimum atomic E-state index is 0.410. The molecule has 2 rings (SSSR count). The van der Waals surface area contributed by atoms with E-state index < -0.39 is 0 Å². The predicted octanol–water partition coefficient (Wildman–Crippen LogP) is 3.93. The van der Waals surface area contributed by atoms with Crippen LogP contribution in [0.1, 0.15) is 55.5 Å². The van der Waals surface area contributed by atoms with Crippen LogP contribution in [0.25, 0.3) is 0 Å². The highest BCUT2D eigenvalue weighted by molar-refractivity contribution is 7.11. The molecule has 1 aliphatic carbocycles. The third-order valence-electron chi connectivity index (χ3n) is 3.86. The summed E-state index contributed by atoms with van der Waals surface area (Å²) in [6, 6.07) is 0.410. The van der Waals surface area contributed by atoms with Crippen molar-refractivity contribution in [3.8, 4) is 0 Å². The fourth-order valence-corrected chi connectivity index (χ4v) is 3.34. The zero-order valence-electron chi connectivity index (χ0n) is 11.2. The molecule has 0 radical (unpaired) electrons. The maximum absolute atomic E-state index is 4.45. The van der Waals surface area contributed by atoms with E-state index in [0.29, 0.717) is 6.04 Å². The van der Waals surface area contributed by atoms with E-state index in [2.05, 4.69) is 31.1 Å². The zero-order valence-corrected chi connectivity index (χ0v) is 12.0. The molecule has 0 bridgehead atoms. The molecule has 1 unspecified atom stereocenters. The Morgan fingerprint density at radius 3 is 2.71 bits per heavy atom. The van der Waals surface area contributed by atoms with Crippen LogP contribution in [0.5, 0.6) is 0 Å². The highest BCUT2D eigenvalue weighted by Crippen LogP contribution is 2.28. The molecule has 1 atom stereocenters. The fraction of sp³-hybridized carbons (Fsp3) is 0.786. The van der Waals surface area contributed by atoms with E-state index in [1.54, 1.807) is 0 Å². The molecule has 0 spiro atoms. The molecule has 96 valence electrons. The van der Waals surface area contributed by atoms with Crippen LogP contribution < -0.4 is 5.32 Å². The van der Waals surface area contributed by atoms with Gasteiger partial charge in [-0.2, -0.15) is 0 Å². The van der Waals surface area contributed by atoms with Gasteiger partial charge in [-0.15, -0.1) is 11.3 Å². The normalized spacial score (nSPS) is 27.0. The summed E-state index contributed by atoms with van der Waals surface area (Å²) in [7, 11) is 0. The van der Waals surface area contributed by atoms with Crippen LogP contribution in [0.4, 0.5) is 0 Å². The maximum atomic E-state index is 4.45. The summed E-state index contributed by atoms with van der Waals surface area (Å²) in [4.78, 5) is 5.75. The first-order chi connectivity index (χ1) is 8.15. The number of aryl methyl sites for hydroxylation is 1. The summed E-state index contributed by atoms with van der Waals surface area (Å²) in [6.45, 7) is 7.89. The van der Waals surface area contributed by atoms with E-state index in [1.165, 1.54) is 35.6 Å². The van der Waals surface area contributed by atoms with Crippen LogP contribution in [-0.4, -0.2) is 11.5 Å². The highest BCUT2D eigenvalue weighted by atomic mass is 32.1. The van der Waals surface area contributed by atoms with Gasteiger partial charge in [-0.05, 0) is 45.1 Å². The largest absolute Gasteiger partial charge is 0.308 e. The monoisotopic (exact) mass is 252 g/mol. The lowest BCUT2D eigenvalue weighted by molar-refractivity contribution is 0.276.